The standard InChI is InChI=1S/C16H24IN7/c1-9(11-3-4-11)16(18)22-14(20-10(2)12-5-6-12)21-15(23-16)24-8-13(17)7-19-24/h7-12H,3-6,18H2,1-2H3,(H2,20,21,22,23)/t9-,10-,16?/m1/s1. The van der Waals surface area contributed by atoms with Gasteiger partial charge >= 0.3 is 0 Å². The highest BCUT2D eigenvalue weighted by atomic mass is 127. The molecule has 1 aromatic rings. The molecule has 0 bridgehead atoms. The largest absolute Gasteiger partial charge is 0.319 e. The van der Waals surface area contributed by atoms with Crippen molar-refractivity contribution in [2.75, 3.05) is 0 Å². The van der Waals surface area contributed by atoms with Gasteiger partial charge in [-0.2, -0.15) is 5.10 Å². The molecule has 1 aromatic heterocycles. The van der Waals surface area contributed by atoms with Crippen LogP contribution in [-0.2, 0) is 0 Å². The highest BCUT2D eigenvalue weighted by Gasteiger charge is 2.45. The molecule has 4 rings (SSSR count). The van der Waals surface area contributed by atoms with E-state index in [1.54, 1.807) is 10.9 Å². The SMILES string of the molecule is C[C@H](C1CC1)C1(N)N=C(n2cc(I)cn2)NC(=N[C@H](C)C2CC2)N1. The van der Waals surface area contributed by atoms with Crippen molar-refractivity contribution < 1.29 is 0 Å². The number of hydrogen-bond donors (Lipinski definition) is 3. The van der Waals surface area contributed by atoms with Crippen molar-refractivity contribution in [1.29, 1.82) is 0 Å². The van der Waals surface area contributed by atoms with Gasteiger partial charge in [0.25, 0.3) is 0 Å². The molecule has 130 valence electrons. The number of aromatic nitrogens is 2. The summed E-state index contributed by atoms with van der Waals surface area (Å²) in [4.78, 5) is 9.59. The number of halogens is 1. The molecular weight excluding hydrogens is 417 g/mol. The average Bonchev–Trinajstić information content (AvgIpc) is 3.44. The summed E-state index contributed by atoms with van der Waals surface area (Å²) in [6, 6.07) is 0.289. The van der Waals surface area contributed by atoms with Crippen molar-refractivity contribution in [2.45, 2.75) is 51.4 Å². The molecule has 0 spiro atoms. The Morgan fingerprint density at radius 2 is 2.04 bits per heavy atom. The zero-order valence-electron chi connectivity index (χ0n) is 14.0. The summed E-state index contributed by atoms with van der Waals surface area (Å²) < 4.78 is 2.79. The monoisotopic (exact) mass is 441 g/mol. The van der Waals surface area contributed by atoms with E-state index in [0.29, 0.717) is 23.8 Å². The van der Waals surface area contributed by atoms with Gasteiger partial charge in [0.2, 0.25) is 11.9 Å². The van der Waals surface area contributed by atoms with Crippen LogP contribution in [0.1, 0.15) is 39.5 Å². The first kappa shape index (κ1) is 16.3. The third kappa shape index (κ3) is 3.30. The predicted molar refractivity (Wildman–Crippen MR) is 102 cm³/mol. The van der Waals surface area contributed by atoms with Crippen molar-refractivity contribution in [2.24, 2.45) is 33.5 Å². The van der Waals surface area contributed by atoms with Crippen LogP contribution >= 0.6 is 22.6 Å². The van der Waals surface area contributed by atoms with Crippen LogP contribution in [0.5, 0.6) is 0 Å². The first-order valence-electron chi connectivity index (χ1n) is 8.67. The fourth-order valence-corrected chi connectivity index (χ4v) is 3.59. The molecule has 24 heavy (non-hydrogen) atoms. The van der Waals surface area contributed by atoms with Gasteiger partial charge in [0, 0.05) is 12.1 Å². The van der Waals surface area contributed by atoms with Crippen molar-refractivity contribution in [3.63, 3.8) is 0 Å². The molecule has 0 aromatic carbocycles. The second-order valence-corrected chi connectivity index (χ2v) is 8.54. The molecule has 0 saturated heterocycles. The Morgan fingerprint density at radius 3 is 2.62 bits per heavy atom. The summed E-state index contributed by atoms with van der Waals surface area (Å²) in [7, 11) is 0. The van der Waals surface area contributed by atoms with Gasteiger partial charge < -0.3 is 5.32 Å². The number of guanidine groups is 1. The molecule has 1 unspecified atom stereocenters. The highest BCUT2D eigenvalue weighted by Crippen LogP contribution is 2.41. The molecule has 2 saturated carbocycles. The molecule has 2 fully saturated rings. The minimum absolute atomic E-state index is 0.241. The molecule has 7 nitrogen and oxygen atoms in total. The van der Waals surface area contributed by atoms with E-state index in [2.05, 4.69) is 52.2 Å². The van der Waals surface area contributed by atoms with Gasteiger partial charge in [0.15, 0.2) is 5.79 Å². The van der Waals surface area contributed by atoms with Crippen molar-refractivity contribution in [3.05, 3.63) is 16.0 Å². The Labute approximate surface area is 155 Å². The summed E-state index contributed by atoms with van der Waals surface area (Å²) in [5.74, 6) is 2.06. The number of rotatable bonds is 4. The smallest absolute Gasteiger partial charge is 0.229 e. The first-order chi connectivity index (χ1) is 11.4. The van der Waals surface area contributed by atoms with Crippen molar-refractivity contribution >= 4 is 34.5 Å². The van der Waals surface area contributed by atoms with Crippen LogP contribution in [0.2, 0.25) is 0 Å². The van der Waals surface area contributed by atoms with Crippen molar-refractivity contribution in [3.8, 4) is 0 Å². The fourth-order valence-electron chi connectivity index (χ4n) is 3.21. The van der Waals surface area contributed by atoms with E-state index in [-0.39, 0.29) is 12.0 Å². The van der Waals surface area contributed by atoms with Crippen LogP contribution in [0.15, 0.2) is 22.4 Å². The Morgan fingerprint density at radius 1 is 1.33 bits per heavy atom. The molecular formula is C16H24IN7. The molecule has 2 heterocycles. The quantitative estimate of drug-likeness (QED) is 0.621. The zero-order valence-corrected chi connectivity index (χ0v) is 16.2. The lowest BCUT2D eigenvalue weighted by atomic mass is 9.97. The number of nitrogens with two attached hydrogens (primary N) is 1. The van der Waals surface area contributed by atoms with E-state index >= 15 is 0 Å². The van der Waals surface area contributed by atoms with Gasteiger partial charge in [-0.3, -0.25) is 11.1 Å². The number of nitrogens with zero attached hydrogens (tertiary/aromatic N) is 4. The summed E-state index contributed by atoms with van der Waals surface area (Å²) in [6.07, 6.45) is 8.72. The number of hydrogen-bond acceptors (Lipinski definition) is 4. The Balaban J connectivity index is 1.66. The lowest BCUT2D eigenvalue weighted by Crippen LogP contribution is -2.67. The normalized spacial score (nSPS) is 31.2. The van der Waals surface area contributed by atoms with Gasteiger partial charge in [-0.1, -0.05) is 6.92 Å². The second-order valence-electron chi connectivity index (χ2n) is 7.30. The van der Waals surface area contributed by atoms with Crippen LogP contribution in [0.25, 0.3) is 0 Å². The summed E-state index contributed by atoms with van der Waals surface area (Å²) >= 11 is 2.24. The molecule has 0 amide bonds. The van der Waals surface area contributed by atoms with Gasteiger partial charge in [-0.05, 0) is 67.0 Å². The van der Waals surface area contributed by atoms with Gasteiger partial charge in [0.1, 0.15) is 0 Å². The molecule has 3 aliphatic rings. The van der Waals surface area contributed by atoms with Crippen LogP contribution in [0.3, 0.4) is 0 Å². The van der Waals surface area contributed by atoms with E-state index < -0.39 is 5.79 Å². The third-order valence-corrected chi connectivity index (χ3v) is 5.83. The molecule has 8 heteroatoms. The van der Waals surface area contributed by atoms with Crippen LogP contribution in [-0.4, -0.2) is 33.5 Å². The maximum absolute atomic E-state index is 6.67. The Hall–Kier alpha value is -1.16. The van der Waals surface area contributed by atoms with Crippen LogP contribution < -0.4 is 16.4 Å². The fraction of sp³-hybridized carbons (Fsp3) is 0.688. The van der Waals surface area contributed by atoms with Crippen LogP contribution in [0, 0.1) is 21.3 Å². The maximum Gasteiger partial charge on any atom is 0.229 e. The minimum atomic E-state index is -0.846. The van der Waals surface area contributed by atoms with Gasteiger partial charge in [-0.25, -0.2) is 14.7 Å². The predicted octanol–water partition coefficient (Wildman–Crippen LogP) is 1.70. The van der Waals surface area contributed by atoms with E-state index in [0.717, 1.165) is 3.57 Å². The molecule has 0 radical (unpaired) electrons. The second kappa shape index (κ2) is 5.98. The topological polar surface area (TPSA) is 92.6 Å². The third-order valence-electron chi connectivity index (χ3n) is 5.27. The Bertz CT molecular complexity index is 688. The molecule has 4 N–H and O–H groups in total. The number of nitrogens with one attached hydrogen (secondary N) is 2. The number of aliphatic imine (C=N–C) groups is 2. The van der Waals surface area contributed by atoms with E-state index in [1.807, 2.05) is 6.20 Å². The Kier molecular flexibility index (Phi) is 4.06. The highest BCUT2D eigenvalue weighted by molar-refractivity contribution is 14.1. The molecule has 1 aliphatic heterocycles. The lowest BCUT2D eigenvalue weighted by molar-refractivity contribution is 0.241. The summed E-state index contributed by atoms with van der Waals surface area (Å²) in [6.45, 7) is 4.34. The summed E-state index contributed by atoms with van der Waals surface area (Å²) in [5, 5.41) is 11.0. The van der Waals surface area contributed by atoms with E-state index in [1.165, 1.54) is 25.7 Å². The van der Waals surface area contributed by atoms with Crippen LogP contribution in [0.4, 0.5) is 0 Å². The average molecular weight is 441 g/mol. The molecule has 2 aliphatic carbocycles. The van der Waals surface area contributed by atoms with Gasteiger partial charge in [-0.15, -0.1) is 0 Å². The van der Waals surface area contributed by atoms with Gasteiger partial charge in [0.05, 0.1) is 15.8 Å². The first-order valence-corrected chi connectivity index (χ1v) is 9.75. The van der Waals surface area contributed by atoms with Crippen molar-refractivity contribution in [1.82, 2.24) is 20.4 Å². The minimum Gasteiger partial charge on any atom is -0.319 e. The maximum atomic E-state index is 6.67. The zero-order chi connectivity index (χ0) is 16.9. The summed E-state index contributed by atoms with van der Waals surface area (Å²) in [5.41, 5.74) is 6.67. The molecule has 3 atom stereocenters. The van der Waals surface area contributed by atoms with E-state index in [4.69, 9.17) is 15.7 Å². The van der Waals surface area contributed by atoms with E-state index in [9.17, 15) is 0 Å². The lowest BCUT2D eigenvalue weighted by Gasteiger charge is -2.38.